The number of amides is 2. The van der Waals surface area contributed by atoms with E-state index in [2.05, 4.69) is 28.7 Å². The number of hydrazone groups is 1. The molecule has 3 N–H and O–H groups in total. The number of nitrogens with zero attached hydrogens (tertiary/aromatic N) is 1. The van der Waals surface area contributed by atoms with E-state index in [9.17, 15) is 9.59 Å². The van der Waals surface area contributed by atoms with E-state index in [4.69, 9.17) is 19.9 Å². The molecule has 4 aromatic carbocycles. The molecule has 0 heterocycles. The van der Waals surface area contributed by atoms with Gasteiger partial charge in [-0.2, -0.15) is 5.10 Å². The lowest BCUT2D eigenvalue weighted by atomic mass is 10.1. The Bertz CT molecular complexity index is 1410. The first-order valence-electron chi connectivity index (χ1n) is 11.7. The number of nitrogens with one attached hydrogen (secondary N) is 1. The van der Waals surface area contributed by atoms with Crippen LogP contribution in [0.15, 0.2) is 90.0 Å². The molecule has 4 rings (SSSR count). The molecule has 0 aliphatic heterocycles. The van der Waals surface area contributed by atoms with Crippen molar-refractivity contribution in [2.24, 2.45) is 10.8 Å². The monoisotopic (exact) mass is 497 g/mol. The van der Waals surface area contributed by atoms with Crippen LogP contribution in [0.3, 0.4) is 0 Å². The summed E-state index contributed by atoms with van der Waals surface area (Å²) in [4.78, 5) is 23.5. The highest BCUT2D eigenvalue weighted by Gasteiger charge is 2.09. The summed E-state index contributed by atoms with van der Waals surface area (Å²) in [6, 6.07) is 26.2. The Balaban J connectivity index is 1.33. The highest BCUT2D eigenvalue weighted by molar-refractivity contribution is 5.95. The van der Waals surface area contributed by atoms with Crippen LogP contribution in [0.4, 0.5) is 0 Å². The summed E-state index contributed by atoms with van der Waals surface area (Å²) in [6.07, 6.45) is 1.49. The van der Waals surface area contributed by atoms with Crippen LogP contribution in [-0.2, 0) is 11.4 Å². The van der Waals surface area contributed by atoms with Gasteiger partial charge in [-0.05, 0) is 71.3 Å². The number of carbonyl (C=O) groups is 2. The molecule has 0 spiro atoms. The summed E-state index contributed by atoms with van der Waals surface area (Å²) in [7, 11) is 0. The van der Waals surface area contributed by atoms with Gasteiger partial charge in [-0.25, -0.2) is 5.43 Å². The van der Waals surface area contributed by atoms with Crippen molar-refractivity contribution in [2.45, 2.75) is 13.5 Å². The number of benzene rings is 4. The fourth-order valence-corrected chi connectivity index (χ4v) is 3.65. The topological polar surface area (TPSA) is 112 Å². The van der Waals surface area contributed by atoms with Crippen molar-refractivity contribution in [1.29, 1.82) is 0 Å². The zero-order valence-corrected chi connectivity index (χ0v) is 20.3. The second-order valence-electron chi connectivity index (χ2n) is 8.04. The average Bonchev–Trinajstić information content (AvgIpc) is 2.91. The maximum atomic E-state index is 12.5. The molecule has 2 amide bonds. The lowest BCUT2D eigenvalue weighted by Crippen LogP contribution is -2.20. The summed E-state index contributed by atoms with van der Waals surface area (Å²) in [5, 5.41) is 6.34. The number of fused-ring (bicyclic) bond motifs is 1. The summed E-state index contributed by atoms with van der Waals surface area (Å²) in [5.74, 6) is 0.557. The SMILES string of the molecule is CCOc1cc(/C=N/NC(=O)c2ccc(OCc3cccc4ccccc34)cc2)ccc1OCC(N)=O. The predicted octanol–water partition coefficient (Wildman–Crippen LogP) is 4.45. The van der Waals surface area contributed by atoms with Gasteiger partial charge in [0.1, 0.15) is 12.4 Å². The van der Waals surface area contributed by atoms with E-state index < -0.39 is 5.91 Å². The minimum atomic E-state index is -0.583. The van der Waals surface area contributed by atoms with Gasteiger partial charge in [0.2, 0.25) is 0 Å². The van der Waals surface area contributed by atoms with Crippen molar-refractivity contribution in [3.63, 3.8) is 0 Å². The van der Waals surface area contributed by atoms with E-state index in [-0.39, 0.29) is 12.5 Å². The van der Waals surface area contributed by atoms with Crippen molar-refractivity contribution in [1.82, 2.24) is 5.43 Å². The first kappa shape index (κ1) is 25.2. The molecule has 0 unspecified atom stereocenters. The third-order valence-electron chi connectivity index (χ3n) is 5.41. The van der Waals surface area contributed by atoms with E-state index >= 15 is 0 Å². The van der Waals surface area contributed by atoms with Crippen LogP contribution in [0, 0.1) is 0 Å². The van der Waals surface area contributed by atoms with Gasteiger partial charge in [-0.15, -0.1) is 0 Å². The summed E-state index contributed by atoms with van der Waals surface area (Å²) in [5.41, 5.74) is 9.85. The molecule has 8 heteroatoms. The first-order valence-corrected chi connectivity index (χ1v) is 11.7. The van der Waals surface area contributed by atoms with Crippen LogP contribution in [0.1, 0.15) is 28.4 Å². The van der Waals surface area contributed by atoms with Crippen LogP contribution in [0.25, 0.3) is 10.8 Å². The molecule has 0 aromatic heterocycles. The molecule has 188 valence electrons. The van der Waals surface area contributed by atoms with E-state index in [1.165, 1.54) is 6.21 Å². The van der Waals surface area contributed by atoms with Crippen molar-refractivity contribution in [2.75, 3.05) is 13.2 Å². The Morgan fingerprint density at radius 2 is 1.68 bits per heavy atom. The van der Waals surface area contributed by atoms with Gasteiger partial charge in [-0.3, -0.25) is 9.59 Å². The van der Waals surface area contributed by atoms with Crippen molar-refractivity contribution in [3.8, 4) is 17.2 Å². The maximum absolute atomic E-state index is 12.5. The van der Waals surface area contributed by atoms with Gasteiger partial charge in [-0.1, -0.05) is 42.5 Å². The Labute approximate surface area is 214 Å². The van der Waals surface area contributed by atoms with Gasteiger partial charge in [0.05, 0.1) is 12.8 Å². The second-order valence-corrected chi connectivity index (χ2v) is 8.04. The quantitative estimate of drug-likeness (QED) is 0.235. The van der Waals surface area contributed by atoms with Crippen molar-refractivity contribution < 1.29 is 23.8 Å². The molecule has 37 heavy (non-hydrogen) atoms. The summed E-state index contributed by atoms with van der Waals surface area (Å²) >= 11 is 0. The molecule has 0 fully saturated rings. The molecule has 8 nitrogen and oxygen atoms in total. The molecule has 0 saturated heterocycles. The lowest BCUT2D eigenvalue weighted by Gasteiger charge is -2.11. The fraction of sp³-hybridized carbons (Fsp3) is 0.138. The van der Waals surface area contributed by atoms with Crippen LogP contribution >= 0.6 is 0 Å². The lowest BCUT2D eigenvalue weighted by molar-refractivity contribution is -0.119. The van der Waals surface area contributed by atoms with E-state index in [0.717, 1.165) is 16.3 Å². The minimum Gasteiger partial charge on any atom is -0.490 e. The van der Waals surface area contributed by atoms with E-state index in [1.807, 2.05) is 31.2 Å². The zero-order valence-electron chi connectivity index (χ0n) is 20.3. The Hall–Kier alpha value is -4.85. The van der Waals surface area contributed by atoms with Crippen molar-refractivity contribution >= 4 is 28.8 Å². The highest BCUT2D eigenvalue weighted by Crippen LogP contribution is 2.28. The van der Waals surface area contributed by atoms with Crippen LogP contribution < -0.4 is 25.4 Å². The molecule has 4 aromatic rings. The molecule has 0 atom stereocenters. The summed E-state index contributed by atoms with van der Waals surface area (Å²) in [6.45, 7) is 2.41. The highest BCUT2D eigenvalue weighted by atomic mass is 16.5. The molecule has 0 radical (unpaired) electrons. The number of carbonyl (C=O) groups excluding carboxylic acids is 2. The number of hydrogen-bond donors (Lipinski definition) is 2. The maximum Gasteiger partial charge on any atom is 0.271 e. The third-order valence-corrected chi connectivity index (χ3v) is 5.41. The molecule has 0 bridgehead atoms. The van der Waals surface area contributed by atoms with Crippen LogP contribution in [-0.4, -0.2) is 31.2 Å². The molecular formula is C29H27N3O5. The van der Waals surface area contributed by atoms with E-state index in [0.29, 0.717) is 41.6 Å². The first-order chi connectivity index (χ1) is 18.0. The average molecular weight is 498 g/mol. The molecular weight excluding hydrogens is 470 g/mol. The molecule has 0 saturated carbocycles. The number of nitrogens with two attached hydrogens (primary N) is 1. The third kappa shape index (κ3) is 6.85. The molecule has 0 aliphatic rings. The normalized spacial score (nSPS) is 10.8. The van der Waals surface area contributed by atoms with Crippen LogP contribution in [0.2, 0.25) is 0 Å². The summed E-state index contributed by atoms with van der Waals surface area (Å²) < 4.78 is 16.8. The van der Waals surface area contributed by atoms with Gasteiger partial charge < -0.3 is 19.9 Å². The minimum absolute atomic E-state index is 0.253. The number of primary amides is 1. The van der Waals surface area contributed by atoms with E-state index in [1.54, 1.807) is 42.5 Å². The second kappa shape index (κ2) is 12.2. The molecule has 0 aliphatic carbocycles. The fourth-order valence-electron chi connectivity index (χ4n) is 3.65. The number of ether oxygens (including phenoxy) is 3. The Kier molecular flexibility index (Phi) is 8.33. The van der Waals surface area contributed by atoms with Gasteiger partial charge in [0.15, 0.2) is 18.1 Å². The predicted molar refractivity (Wildman–Crippen MR) is 142 cm³/mol. The Morgan fingerprint density at radius 1 is 0.892 bits per heavy atom. The number of hydrogen-bond acceptors (Lipinski definition) is 6. The van der Waals surface area contributed by atoms with Crippen molar-refractivity contribution in [3.05, 3.63) is 102 Å². The van der Waals surface area contributed by atoms with Crippen LogP contribution in [0.5, 0.6) is 17.2 Å². The zero-order chi connectivity index (χ0) is 26.0. The van der Waals surface area contributed by atoms with Gasteiger partial charge >= 0.3 is 0 Å². The number of rotatable bonds is 11. The smallest absolute Gasteiger partial charge is 0.271 e. The largest absolute Gasteiger partial charge is 0.490 e. The Morgan fingerprint density at radius 3 is 2.46 bits per heavy atom. The van der Waals surface area contributed by atoms with Gasteiger partial charge in [0.25, 0.3) is 11.8 Å². The standard InChI is InChI=1S/C29H27N3O5/c1-2-35-27-16-20(10-15-26(27)37-19-28(30)33)17-31-32-29(34)22-11-13-24(14-12-22)36-18-23-8-5-7-21-6-3-4-9-25(21)23/h3-17H,2,18-19H2,1H3,(H2,30,33)(H,32,34)/b31-17+. The van der Waals surface area contributed by atoms with Gasteiger partial charge in [0, 0.05) is 5.56 Å².